The lowest BCUT2D eigenvalue weighted by atomic mass is 9.87. The number of ether oxygens (including phenoxy) is 5. The van der Waals surface area contributed by atoms with Crippen LogP contribution in [0, 0.1) is 5.92 Å². The summed E-state index contributed by atoms with van der Waals surface area (Å²) in [6.45, 7) is 7.06. The molecule has 1 saturated carbocycles. The molecule has 8 heteroatoms. The second-order valence-corrected chi connectivity index (χ2v) is 10.1. The standard InChI is InChI=1S/C26H39NO7/c1-26(2,3)34-25(29)27-15-23(33-18-31-16-19-8-6-5-7-9-19)14-21(27)17-32-22-12-10-20(11-13-22)24(28)30-4/h5-9,20-23H,10-18H2,1-4H3/t20?,21-,22?,23+/m0/s1. The molecule has 2 fully saturated rings. The molecule has 1 saturated heterocycles. The molecule has 2 atom stereocenters. The highest BCUT2D eigenvalue weighted by Crippen LogP contribution is 2.29. The average Bonchev–Trinajstić information content (AvgIpc) is 3.23. The van der Waals surface area contributed by atoms with Gasteiger partial charge in [-0.1, -0.05) is 30.3 Å². The molecule has 190 valence electrons. The van der Waals surface area contributed by atoms with E-state index in [1.165, 1.54) is 7.11 Å². The fourth-order valence-corrected chi connectivity index (χ4v) is 4.45. The van der Waals surface area contributed by atoms with Crippen molar-refractivity contribution in [2.45, 2.75) is 83.3 Å². The van der Waals surface area contributed by atoms with Gasteiger partial charge in [0.15, 0.2) is 0 Å². The fourth-order valence-electron chi connectivity index (χ4n) is 4.45. The van der Waals surface area contributed by atoms with Gasteiger partial charge in [-0.25, -0.2) is 4.79 Å². The van der Waals surface area contributed by atoms with Gasteiger partial charge in [-0.05, 0) is 58.4 Å². The van der Waals surface area contributed by atoms with Crippen LogP contribution in [0.4, 0.5) is 4.79 Å². The van der Waals surface area contributed by atoms with E-state index < -0.39 is 5.60 Å². The number of methoxy groups -OCH3 is 1. The molecule has 3 rings (SSSR count). The minimum absolute atomic E-state index is 0.0386. The van der Waals surface area contributed by atoms with Crippen molar-refractivity contribution in [1.82, 2.24) is 4.90 Å². The molecule has 0 bridgehead atoms. The van der Waals surface area contributed by atoms with Crippen LogP contribution in [0.25, 0.3) is 0 Å². The molecule has 0 unspecified atom stereocenters. The Kier molecular flexibility index (Phi) is 9.74. The molecular formula is C26H39NO7. The zero-order valence-electron chi connectivity index (χ0n) is 20.9. The summed E-state index contributed by atoms with van der Waals surface area (Å²) in [6.07, 6.45) is 3.39. The van der Waals surface area contributed by atoms with Gasteiger partial charge in [-0.2, -0.15) is 0 Å². The van der Waals surface area contributed by atoms with Crippen molar-refractivity contribution in [1.29, 1.82) is 0 Å². The van der Waals surface area contributed by atoms with Crippen LogP contribution in [-0.4, -0.2) is 67.9 Å². The number of carbonyl (C=O) groups excluding carboxylic acids is 2. The summed E-state index contributed by atoms with van der Waals surface area (Å²) in [5.74, 6) is -0.178. The maximum absolute atomic E-state index is 12.8. The van der Waals surface area contributed by atoms with E-state index in [9.17, 15) is 9.59 Å². The van der Waals surface area contributed by atoms with Crippen LogP contribution < -0.4 is 0 Å². The van der Waals surface area contributed by atoms with E-state index in [0.717, 1.165) is 31.2 Å². The summed E-state index contributed by atoms with van der Waals surface area (Å²) in [5.41, 5.74) is 0.507. The van der Waals surface area contributed by atoms with E-state index in [0.29, 0.717) is 26.2 Å². The second kappa shape index (κ2) is 12.5. The number of nitrogens with zero attached hydrogens (tertiary/aromatic N) is 1. The molecule has 2 aliphatic rings. The Morgan fingerprint density at radius 3 is 2.35 bits per heavy atom. The van der Waals surface area contributed by atoms with Crippen LogP contribution in [0.5, 0.6) is 0 Å². The van der Waals surface area contributed by atoms with Gasteiger partial charge >= 0.3 is 12.1 Å². The van der Waals surface area contributed by atoms with Crippen LogP contribution in [0.3, 0.4) is 0 Å². The fraction of sp³-hybridized carbons (Fsp3) is 0.692. The molecule has 1 aromatic carbocycles. The molecule has 1 aromatic rings. The van der Waals surface area contributed by atoms with E-state index in [1.807, 2.05) is 51.1 Å². The molecule has 0 spiro atoms. The minimum Gasteiger partial charge on any atom is -0.469 e. The smallest absolute Gasteiger partial charge is 0.410 e. The lowest BCUT2D eigenvalue weighted by Crippen LogP contribution is -2.42. The number of hydrogen-bond donors (Lipinski definition) is 0. The van der Waals surface area contributed by atoms with Gasteiger partial charge in [-0.3, -0.25) is 4.79 Å². The van der Waals surface area contributed by atoms with E-state index in [4.69, 9.17) is 23.7 Å². The van der Waals surface area contributed by atoms with Crippen molar-refractivity contribution >= 4 is 12.1 Å². The third kappa shape index (κ3) is 8.25. The molecule has 0 radical (unpaired) electrons. The number of likely N-dealkylation sites (tertiary alicyclic amines) is 1. The highest BCUT2D eigenvalue weighted by molar-refractivity contribution is 5.72. The number of amides is 1. The highest BCUT2D eigenvalue weighted by atomic mass is 16.7. The van der Waals surface area contributed by atoms with Gasteiger partial charge in [0, 0.05) is 0 Å². The first kappa shape index (κ1) is 26.4. The van der Waals surface area contributed by atoms with Gasteiger partial charge in [0.2, 0.25) is 0 Å². The van der Waals surface area contributed by atoms with Crippen LogP contribution in [-0.2, 0) is 35.1 Å². The lowest BCUT2D eigenvalue weighted by Gasteiger charge is -2.31. The maximum Gasteiger partial charge on any atom is 0.410 e. The van der Waals surface area contributed by atoms with Gasteiger partial charge in [0.05, 0.1) is 51.0 Å². The summed E-state index contributed by atoms with van der Waals surface area (Å²) in [5, 5.41) is 0. The van der Waals surface area contributed by atoms with Crippen molar-refractivity contribution in [3.8, 4) is 0 Å². The van der Waals surface area contributed by atoms with E-state index in [1.54, 1.807) is 4.90 Å². The van der Waals surface area contributed by atoms with Crippen molar-refractivity contribution in [2.75, 3.05) is 27.1 Å². The van der Waals surface area contributed by atoms with Gasteiger partial charge < -0.3 is 28.6 Å². The van der Waals surface area contributed by atoms with E-state index >= 15 is 0 Å². The zero-order chi connectivity index (χ0) is 24.6. The minimum atomic E-state index is -0.577. The Hall–Kier alpha value is -2.16. The third-order valence-electron chi connectivity index (χ3n) is 6.24. The van der Waals surface area contributed by atoms with Crippen molar-refractivity contribution in [3.63, 3.8) is 0 Å². The van der Waals surface area contributed by atoms with Crippen LogP contribution in [0.1, 0.15) is 58.4 Å². The summed E-state index contributed by atoms with van der Waals surface area (Å²) >= 11 is 0. The van der Waals surface area contributed by atoms with Gasteiger partial charge in [0.1, 0.15) is 12.4 Å². The van der Waals surface area contributed by atoms with Gasteiger partial charge in [0.25, 0.3) is 0 Å². The molecule has 0 N–H and O–H groups in total. The largest absolute Gasteiger partial charge is 0.469 e. The van der Waals surface area contributed by atoms with Crippen LogP contribution in [0.2, 0.25) is 0 Å². The summed E-state index contributed by atoms with van der Waals surface area (Å²) in [7, 11) is 1.43. The number of rotatable bonds is 9. The molecule has 1 aliphatic carbocycles. The number of hydrogen-bond acceptors (Lipinski definition) is 7. The summed E-state index contributed by atoms with van der Waals surface area (Å²) in [4.78, 5) is 26.3. The normalized spacial score (nSPS) is 25.2. The number of carbonyl (C=O) groups is 2. The molecular weight excluding hydrogens is 438 g/mol. The zero-order valence-corrected chi connectivity index (χ0v) is 20.9. The second-order valence-electron chi connectivity index (χ2n) is 10.1. The summed E-state index contributed by atoms with van der Waals surface area (Å²) in [6, 6.07) is 9.80. The van der Waals surface area contributed by atoms with Crippen molar-refractivity contribution < 1.29 is 33.3 Å². The topological polar surface area (TPSA) is 83.5 Å². The molecule has 0 aromatic heterocycles. The Bertz CT molecular complexity index is 771. The molecule has 1 amide bonds. The van der Waals surface area contributed by atoms with Crippen LogP contribution in [0.15, 0.2) is 30.3 Å². The SMILES string of the molecule is COC(=O)C1CCC(OC[C@@H]2C[C@@H](OCOCc3ccccc3)CN2C(=O)OC(C)(C)C)CC1. The molecule has 1 aliphatic heterocycles. The average molecular weight is 478 g/mol. The Morgan fingerprint density at radius 1 is 1.00 bits per heavy atom. The number of esters is 1. The first-order chi connectivity index (χ1) is 16.2. The predicted molar refractivity (Wildman–Crippen MR) is 126 cm³/mol. The monoisotopic (exact) mass is 477 g/mol. The van der Waals surface area contributed by atoms with Crippen LogP contribution >= 0.6 is 0 Å². The van der Waals surface area contributed by atoms with E-state index in [-0.39, 0.29) is 43.0 Å². The predicted octanol–water partition coefficient (Wildman–Crippen LogP) is 4.30. The highest BCUT2D eigenvalue weighted by Gasteiger charge is 2.39. The number of benzene rings is 1. The van der Waals surface area contributed by atoms with Gasteiger partial charge in [-0.15, -0.1) is 0 Å². The first-order valence-electron chi connectivity index (χ1n) is 12.2. The Morgan fingerprint density at radius 2 is 1.71 bits per heavy atom. The first-order valence-corrected chi connectivity index (χ1v) is 12.2. The Balaban J connectivity index is 1.48. The third-order valence-corrected chi connectivity index (χ3v) is 6.24. The summed E-state index contributed by atoms with van der Waals surface area (Å²) < 4.78 is 28.3. The lowest BCUT2D eigenvalue weighted by molar-refractivity contribution is -0.147. The van der Waals surface area contributed by atoms with Crippen molar-refractivity contribution in [3.05, 3.63) is 35.9 Å². The maximum atomic E-state index is 12.8. The molecule has 8 nitrogen and oxygen atoms in total. The quantitative estimate of drug-likeness (QED) is 0.298. The molecule has 34 heavy (non-hydrogen) atoms. The van der Waals surface area contributed by atoms with Crippen molar-refractivity contribution in [2.24, 2.45) is 5.92 Å². The Labute approximate surface area is 202 Å². The van der Waals surface area contributed by atoms with E-state index in [2.05, 4.69) is 0 Å². The molecule has 1 heterocycles.